The van der Waals surface area contributed by atoms with Crippen LogP contribution >= 0.6 is 0 Å². The summed E-state index contributed by atoms with van der Waals surface area (Å²) in [7, 11) is 0. The Kier molecular flexibility index (Phi) is 10.7. The maximum Gasteiger partial charge on any atom is 1.00 e. The van der Waals surface area contributed by atoms with Crippen molar-refractivity contribution in [3.05, 3.63) is 134 Å². The van der Waals surface area contributed by atoms with Crippen LogP contribution in [0.15, 0.2) is 134 Å². The SMILES string of the molecule is [Ru+].c1ccc(-c2ccccn2)nc1.c1ccc(-c2ccccn2)nc1.c1ccc(-c2ccn[n-]2)nc1. The molecule has 0 aliphatic heterocycles. The predicted octanol–water partition coefficient (Wildman–Crippen LogP) is 5.39. The zero-order valence-electron chi connectivity index (χ0n) is 19.2. The molecule has 0 aromatic carbocycles. The van der Waals surface area contributed by atoms with Gasteiger partial charge in [0.15, 0.2) is 0 Å². The monoisotopic (exact) mass is 558 g/mol. The molecule has 177 valence electrons. The minimum Gasteiger partial charge on any atom is -0.574 e. The van der Waals surface area contributed by atoms with Gasteiger partial charge in [-0.25, -0.2) is 0 Å². The zero-order chi connectivity index (χ0) is 24.0. The van der Waals surface area contributed by atoms with E-state index in [1.165, 1.54) is 0 Å². The van der Waals surface area contributed by atoms with Crippen molar-refractivity contribution in [2.45, 2.75) is 0 Å². The molecule has 0 amide bonds. The van der Waals surface area contributed by atoms with Crippen molar-refractivity contribution in [2.75, 3.05) is 0 Å². The summed E-state index contributed by atoms with van der Waals surface area (Å²) >= 11 is 0. The van der Waals surface area contributed by atoms with Crippen LogP contribution in [0.3, 0.4) is 0 Å². The van der Waals surface area contributed by atoms with Gasteiger partial charge in [0.2, 0.25) is 0 Å². The van der Waals surface area contributed by atoms with Crippen molar-refractivity contribution in [3.8, 4) is 34.2 Å². The summed E-state index contributed by atoms with van der Waals surface area (Å²) in [6, 6.07) is 30.7. The molecule has 6 aromatic rings. The summed E-state index contributed by atoms with van der Waals surface area (Å²) in [4.78, 5) is 20.9. The molecular formula is C28H22N7Ru. The van der Waals surface area contributed by atoms with Crippen LogP contribution in [0.25, 0.3) is 34.2 Å². The van der Waals surface area contributed by atoms with Crippen LogP contribution in [0.5, 0.6) is 0 Å². The van der Waals surface area contributed by atoms with E-state index in [0.29, 0.717) is 0 Å². The molecule has 0 N–H and O–H groups in total. The molecule has 36 heavy (non-hydrogen) atoms. The number of nitrogens with zero attached hydrogens (tertiary/aromatic N) is 7. The smallest absolute Gasteiger partial charge is 0.574 e. The van der Waals surface area contributed by atoms with E-state index in [1.807, 2.05) is 97.1 Å². The van der Waals surface area contributed by atoms with Gasteiger partial charge in [-0.1, -0.05) is 42.1 Å². The van der Waals surface area contributed by atoms with Crippen molar-refractivity contribution < 1.29 is 19.5 Å². The van der Waals surface area contributed by atoms with Crippen LogP contribution in [0, 0.1) is 0 Å². The van der Waals surface area contributed by atoms with Gasteiger partial charge in [-0.05, 0) is 60.7 Å². The Bertz CT molecular complexity index is 1200. The number of hydrogen-bond acceptors (Lipinski definition) is 6. The molecule has 0 atom stereocenters. The minimum atomic E-state index is 0. The Hall–Kier alpha value is -4.42. The fourth-order valence-corrected chi connectivity index (χ4v) is 2.94. The molecule has 0 unspecified atom stereocenters. The predicted molar refractivity (Wildman–Crippen MR) is 136 cm³/mol. The molecule has 1 radical (unpaired) electrons. The maximum absolute atomic E-state index is 4.19. The molecule has 0 aliphatic rings. The van der Waals surface area contributed by atoms with Gasteiger partial charge < -0.3 is 10.2 Å². The second kappa shape index (κ2) is 14.8. The molecule has 6 heterocycles. The summed E-state index contributed by atoms with van der Waals surface area (Å²) < 4.78 is 0. The molecule has 0 saturated carbocycles. The van der Waals surface area contributed by atoms with Crippen molar-refractivity contribution >= 4 is 0 Å². The quantitative estimate of drug-likeness (QED) is 0.270. The van der Waals surface area contributed by atoms with E-state index in [4.69, 9.17) is 0 Å². The first-order valence-corrected chi connectivity index (χ1v) is 10.9. The molecule has 0 saturated heterocycles. The largest absolute Gasteiger partial charge is 1.00 e. The van der Waals surface area contributed by atoms with E-state index >= 15 is 0 Å². The van der Waals surface area contributed by atoms with Crippen molar-refractivity contribution in [1.82, 2.24) is 35.1 Å². The van der Waals surface area contributed by atoms with E-state index < -0.39 is 0 Å². The Balaban J connectivity index is 0.000000149. The average molecular weight is 558 g/mol. The van der Waals surface area contributed by atoms with E-state index in [-0.39, 0.29) is 19.5 Å². The Morgan fingerprint density at radius 2 is 0.694 bits per heavy atom. The second-order valence-corrected chi connectivity index (χ2v) is 6.99. The maximum atomic E-state index is 4.19. The number of pyridine rings is 5. The molecule has 0 spiro atoms. The standard InChI is InChI=1S/2C10H8N2.C8H6N3.Ru/c2*1-3-7-11-9(5-1)10-6-2-4-8-12-10;1-2-5-9-7(3-1)8-4-6-10-11-8;/h2*1-8H;1-6H;/q;;-1;+1. The average Bonchev–Trinajstić information content (AvgIpc) is 3.52. The first-order valence-electron chi connectivity index (χ1n) is 10.9. The molecule has 8 heteroatoms. The molecule has 0 bridgehead atoms. The van der Waals surface area contributed by atoms with Gasteiger partial charge in [0.25, 0.3) is 0 Å². The van der Waals surface area contributed by atoms with Gasteiger partial charge in [0.1, 0.15) is 0 Å². The van der Waals surface area contributed by atoms with Crippen molar-refractivity contribution in [3.63, 3.8) is 0 Å². The van der Waals surface area contributed by atoms with Gasteiger partial charge in [0.05, 0.1) is 22.8 Å². The summed E-state index contributed by atoms with van der Waals surface area (Å²) in [5, 5.41) is 7.58. The van der Waals surface area contributed by atoms with E-state index in [1.54, 1.807) is 37.2 Å². The summed E-state index contributed by atoms with van der Waals surface area (Å²) in [6.45, 7) is 0. The van der Waals surface area contributed by atoms with Gasteiger partial charge >= 0.3 is 19.5 Å². The van der Waals surface area contributed by atoms with Crippen LogP contribution in [0.4, 0.5) is 0 Å². The first-order chi connectivity index (χ1) is 17.4. The van der Waals surface area contributed by atoms with Crippen molar-refractivity contribution in [2.24, 2.45) is 0 Å². The van der Waals surface area contributed by atoms with Crippen LogP contribution in [0.1, 0.15) is 0 Å². The van der Waals surface area contributed by atoms with E-state index in [0.717, 1.165) is 34.2 Å². The first kappa shape index (κ1) is 26.2. The van der Waals surface area contributed by atoms with E-state index in [2.05, 4.69) is 35.1 Å². The Labute approximate surface area is 222 Å². The summed E-state index contributed by atoms with van der Waals surface area (Å²) in [6.07, 6.45) is 10.5. The zero-order valence-corrected chi connectivity index (χ0v) is 20.9. The molecule has 7 nitrogen and oxygen atoms in total. The van der Waals surface area contributed by atoms with Gasteiger partial charge in [0, 0.05) is 42.9 Å². The van der Waals surface area contributed by atoms with Crippen molar-refractivity contribution in [1.29, 1.82) is 0 Å². The van der Waals surface area contributed by atoms with Gasteiger partial charge in [-0.2, -0.15) is 0 Å². The van der Waals surface area contributed by atoms with Crippen LogP contribution < -0.4 is 5.10 Å². The van der Waals surface area contributed by atoms with Crippen LogP contribution in [-0.2, 0) is 19.5 Å². The molecular weight excluding hydrogens is 535 g/mol. The summed E-state index contributed by atoms with van der Waals surface area (Å²) in [5.74, 6) is 0. The third-order valence-corrected chi connectivity index (χ3v) is 4.58. The molecule has 6 rings (SSSR count). The summed E-state index contributed by atoms with van der Waals surface area (Å²) in [5.41, 5.74) is 5.35. The van der Waals surface area contributed by atoms with Crippen LogP contribution in [-0.4, -0.2) is 30.0 Å². The minimum absolute atomic E-state index is 0. The van der Waals surface area contributed by atoms with E-state index in [9.17, 15) is 0 Å². The fourth-order valence-electron chi connectivity index (χ4n) is 2.94. The number of hydrogen-bond donors (Lipinski definition) is 0. The number of rotatable bonds is 3. The third-order valence-electron chi connectivity index (χ3n) is 4.58. The number of aromatic nitrogens is 7. The second-order valence-electron chi connectivity index (χ2n) is 6.99. The van der Waals surface area contributed by atoms with Gasteiger partial charge in [-0.15, -0.1) is 0 Å². The normalized spacial score (nSPS) is 9.44. The van der Waals surface area contributed by atoms with Crippen LogP contribution in [0.2, 0.25) is 0 Å². The molecule has 0 fully saturated rings. The Morgan fingerprint density at radius 3 is 0.944 bits per heavy atom. The molecule has 6 aromatic heterocycles. The van der Waals surface area contributed by atoms with Gasteiger partial charge in [-0.3, -0.25) is 24.9 Å². The fraction of sp³-hybridized carbons (Fsp3) is 0. The molecule has 0 aliphatic carbocycles. The topological polar surface area (TPSA) is 91.4 Å². The Morgan fingerprint density at radius 1 is 0.361 bits per heavy atom. The third kappa shape index (κ3) is 8.11.